The molecule has 0 bridgehead atoms. The molecule has 0 atom stereocenters. The predicted octanol–water partition coefficient (Wildman–Crippen LogP) is 2.05. The van der Waals surface area contributed by atoms with E-state index in [-0.39, 0.29) is 5.82 Å². The maximum absolute atomic E-state index is 12.9. The number of benzene rings is 2. The van der Waals surface area contributed by atoms with Gasteiger partial charge in [-0.1, -0.05) is 18.2 Å². The second kappa shape index (κ2) is 4.53. The molecule has 5 heteroatoms. The van der Waals surface area contributed by atoms with Crippen molar-refractivity contribution in [1.82, 2.24) is 5.27 Å². The Morgan fingerprint density at radius 1 is 1.00 bits per heavy atom. The summed E-state index contributed by atoms with van der Waals surface area (Å²) in [4.78, 5) is 11.8. The number of aromatic nitrogens is 2. The average Bonchev–Trinajstić information content (AvgIpc) is 2.82. The molecule has 2 aromatic carbocycles. The summed E-state index contributed by atoms with van der Waals surface area (Å²) in [5.41, 5.74) is 1.23. The van der Waals surface area contributed by atoms with Gasteiger partial charge in [-0.15, -0.1) is 0 Å². The Hall–Kier alpha value is -2.69. The third-order valence-electron chi connectivity index (χ3n) is 2.78. The van der Waals surface area contributed by atoms with Crippen molar-refractivity contribution in [3.63, 3.8) is 0 Å². The van der Waals surface area contributed by atoms with Crippen molar-refractivity contribution in [3.8, 4) is 16.9 Å². The molecule has 1 aromatic heterocycles. The fourth-order valence-corrected chi connectivity index (χ4v) is 1.89. The van der Waals surface area contributed by atoms with Crippen LogP contribution in [0, 0.1) is 5.82 Å². The molecule has 0 saturated carbocycles. The van der Waals surface area contributed by atoms with Crippen LogP contribution in [0.1, 0.15) is 0 Å². The summed E-state index contributed by atoms with van der Waals surface area (Å²) in [6, 6.07) is 14.9. The van der Waals surface area contributed by atoms with Crippen LogP contribution < -0.4 is 10.3 Å². The Bertz CT molecular complexity index is 745. The first kappa shape index (κ1) is 11.4. The zero-order valence-corrected chi connectivity index (χ0v) is 9.84. The smallest absolute Gasteiger partial charge is 0.282 e. The molecule has 0 radical (unpaired) electrons. The summed E-state index contributed by atoms with van der Waals surface area (Å²) in [6.45, 7) is 0. The maximum atomic E-state index is 12.9. The monoisotopic (exact) mass is 257 g/mol. The Morgan fingerprint density at radius 2 is 1.68 bits per heavy atom. The van der Waals surface area contributed by atoms with Gasteiger partial charge in [-0.25, -0.2) is 9.18 Å². The Morgan fingerprint density at radius 3 is 2.37 bits per heavy atom. The third-order valence-corrected chi connectivity index (χ3v) is 2.78. The topological polar surface area (TPSA) is 49.9 Å². The summed E-state index contributed by atoms with van der Waals surface area (Å²) < 4.78 is 19.2. The lowest BCUT2D eigenvalue weighted by atomic mass is 10.1. The van der Waals surface area contributed by atoms with Crippen LogP contribution >= 0.6 is 0 Å². The maximum Gasteiger partial charge on any atom is 0.435 e. The second-order valence-electron chi connectivity index (χ2n) is 4.01. The van der Waals surface area contributed by atoms with Gasteiger partial charge in [0.2, 0.25) is 5.69 Å². The molecule has 94 valence electrons. The molecule has 0 aliphatic carbocycles. The highest BCUT2D eigenvalue weighted by molar-refractivity contribution is 5.54. The van der Waals surface area contributed by atoms with Crippen molar-refractivity contribution in [2.24, 2.45) is 0 Å². The molecular weight excluding hydrogens is 247 g/mol. The number of hydrogen-bond acceptors (Lipinski definition) is 2. The zero-order valence-electron chi connectivity index (χ0n) is 9.84. The molecule has 0 fully saturated rings. The molecular formula is C14H10FN2O2+. The van der Waals surface area contributed by atoms with E-state index in [0.717, 1.165) is 5.56 Å². The van der Waals surface area contributed by atoms with Crippen LogP contribution in [0.25, 0.3) is 16.9 Å². The van der Waals surface area contributed by atoms with Crippen molar-refractivity contribution in [2.75, 3.05) is 0 Å². The Labute approximate surface area is 107 Å². The number of nitrogens with zero attached hydrogens (tertiary/aromatic N) is 1. The lowest BCUT2D eigenvalue weighted by molar-refractivity contribution is -0.660. The van der Waals surface area contributed by atoms with Crippen LogP contribution in [0.3, 0.4) is 0 Å². The van der Waals surface area contributed by atoms with E-state index in [9.17, 15) is 9.18 Å². The van der Waals surface area contributed by atoms with E-state index >= 15 is 0 Å². The molecule has 4 nitrogen and oxygen atoms in total. The van der Waals surface area contributed by atoms with Crippen LogP contribution in [-0.4, -0.2) is 5.27 Å². The highest BCUT2D eigenvalue weighted by Crippen LogP contribution is 2.12. The van der Waals surface area contributed by atoms with Crippen LogP contribution in [0.2, 0.25) is 0 Å². The molecule has 3 rings (SSSR count). The van der Waals surface area contributed by atoms with Crippen LogP contribution in [0.15, 0.2) is 63.9 Å². The minimum atomic E-state index is -0.476. The van der Waals surface area contributed by atoms with E-state index in [1.807, 2.05) is 18.2 Å². The first-order chi connectivity index (χ1) is 9.25. The second-order valence-corrected chi connectivity index (χ2v) is 4.01. The van der Waals surface area contributed by atoms with Gasteiger partial charge in [-0.3, -0.25) is 4.52 Å². The van der Waals surface area contributed by atoms with E-state index in [4.69, 9.17) is 4.52 Å². The first-order valence-electron chi connectivity index (χ1n) is 5.70. The molecule has 0 amide bonds. The molecule has 0 saturated heterocycles. The molecule has 0 unspecified atom stereocenters. The lowest BCUT2D eigenvalue weighted by Gasteiger charge is -1.94. The quantitative estimate of drug-likeness (QED) is 0.714. The molecule has 0 aliphatic heterocycles. The van der Waals surface area contributed by atoms with Crippen molar-refractivity contribution in [3.05, 3.63) is 70.8 Å². The van der Waals surface area contributed by atoms with Crippen molar-refractivity contribution in [1.29, 1.82) is 0 Å². The van der Waals surface area contributed by atoms with E-state index < -0.39 is 5.63 Å². The van der Waals surface area contributed by atoms with Crippen LogP contribution in [0.5, 0.6) is 0 Å². The standard InChI is InChI=1S/C14H9FN2O2/c15-11-6-8-12(9-7-11)17-13(14(18)19-16-17)10-4-2-1-3-5-10/h1-9H/p+1. The summed E-state index contributed by atoms with van der Waals surface area (Å²) in [5.74, 6) is -0.337. The van der Waals surface area contributed by atoms with Gasteiger partial charge in [0, 0.05) is 12.1 Å². The van der Waals surface area contributed by atoms with Gasteiger partial charge in [0.25, 0.3) is 0 Å². The van der Waals surface area contributed by atoms with Crippen molar-refractivity contribution < 1.29 is 13.6 Å². The normalized spacial score (nSPS) is 10.6. The fraction of sp³-hybridized carbons (Fsp3) is 0. The van der Waals surface area contributed by atoms with Crippen molar-refractivity contribution >= 4 is 0 Å². The number of nitrogens with one attached hydrogen (secondary N) is 1. The number of rotatable bonds is 2. The number of halogens is 1. The highest BCUT2D eigenvalue weighted by atomic mass is 19.1. The first-order valence-corrected chi connectivity index (χ1v) is 5.70. The van der Waals surface area contributed by atoms with Crippen LogP contribution in [-0.2, 0) is 0 Å². The number of hydrogen-bond donors (Lipinski definition) is 1. The molecule has 0 aliphatic rings. The van der Waals surface area contributed by atoms with Gasteiger partial charge < -0.3 is 0 Å². The predicted molar refractivity (Wildman–Crippen MR) is 66.3 cm³/mol. The number of H-pyrrole nitrogens is 1. The van der Waals surface area contributed by atoms with Gasteiger partial charge >= 0.3 is 11.3 Å². The van der Waals surface area contributed by atoms with E-state index in [0.29, 0.717) is 11.4 Å². The molecule has 3 aromatic rings. The van der Waals surface area contributed by atoms with Gasteiger partial charge in [-0.05, 0) is 34.2 Å². The highest BCUT2D eigenvalue weighted by Gasteiger charge is 2.24. The van der Waals surface area contributed by atoms with E-state index in [1.54, 1.807) is 24.3 Å². The van der Waals surface area contributed by atoms with Crippen molar-refractivity contribution in [2.45, 2.75) is 0 Å². The average molecular weight is 257 g/mol. The van der Waals surface area contributed by atoms with Gasteiger partial charge in [0.05, 0.1) is 5.56 Å². The summed E-state index contributed by atoms with van der Waals surface area (Å²) in [7, 11) is 0. The van der Waals surface area contributed by atoms with E-state index in [1.165, 1.54) is 16.8 Å². The minimum absolute atomic E-state index is 0.337. The molecule has 1 heterocycles. The summed E-state index contributed by atoms with van der Waals surface area (Å²) in [6.07, 6.45) is 0. The lowest BCUT2D eigenvalue weighted by Crippen LogP contribution is -2.36. The van der Waals surface area contributed by atoms with Gasteiger partial charge in [0.15, 0.2) is 0 Å². The molecule has 0 spiro atoms. The third kappa shape index (κ3) is 2.06. The zero-order chi connectivity index (χ0) is 13.2. The summed E-state index contributed by atoms with van der Waals surface area (Å²) in [5, 5.41) is 2.51. The number of aromatic amines is 1. The van der Waals surface area contributed by atoms with Gasteiger partial charge in [0.1, 0.15) is 5.82 Å². The van der Waals surface area contributed by atoms with E-state index in [2.05, 4.69) is 5.27 Å². The van der Waals surface area contributed by atoms with Crippen LogP contribution in [0.4, 0.5) is 4.39 Å². The summed E-state index contributed by atoms with van der Waals surface area (Å²) >= 11 is 0. The van der Waals surface area contributed by atoms with Gasteiger partial charge in [-0.2, -0.15) is 0 Å². The fourth-order valence-electron chi connectivity index (χ4n) is 1.89. The molecule has 19 heavy (non-hydrogen) atoms. The molecule has 1 N–H and O–H groups in total. The Kier molecular flexibility index (Phi) is 2.72. The largest absolute Gasteiger partial charge is 0.435 e. The Balaban J connectivity index is 2.19. The minimum Gasteiger partial charge on any atom is -0.282 e. The SMILES string of the molecule is O=c1o[nH][n+](-c2ccc(F)cc2)c1-c1ccccc1.